The van der Waals surface area contributed by atoms with Gasteiger partial charge in [0, 0.05) is 23.9 Å². The summed E-state index contributed by atoms with van der Waals surface area (Å²) in [6.07, 6.45) is 6.01. The van der Waals surface area contributed by atoms with Crippen LogP contribution in [0.15, 0.2) is 42.9 Å². The first-order chi connectivity index (χ1) is 14.5. The van der Waals surface area contributed by atoms with Gasteiger partial charge in [-0.15, -0.1) is 0 Å². The Bertz CT molecular complexity index is 1050. The van der Waals surface area contributed by atoms with Gasteiger partial charge in [0.05, 0.1) is 17.8 Å². The molecule has 3 aromatic rings. The number of aliphatic hydroxyl groups excluding tert-OH is 1. The van der Waals surface area contributed by atoms with Crippen molar-refractivity contribution >= 4 is 23.2 Å². The van der Waals surface area contributed by atoms with Gasteiger partial charge in [-0.1, -0.05) is 23.7 Å². The van der Waals surface area contributed by atoms with E-state index in [-0.39, 0.29) is 18.4 Å². The highest BCUT2D eigenvalue weighted by Gasteiger charge is 2.27. The molecule has 2 N–H and O–H groups in total. The zero-order valence-electron chi connectivity index (χ0n) is 16.8. The predicted octanol–water partition coefficient (Wildman–Crippen LogP) is 3.49. The van der Waals surface area contributed by atoms with Gasteiger partial charge < -0.3 is 10.4 Å². The minimum Gasteiger partial charge on any atom is -0.396 e. The van der Waals surface area contributed by atoms with Gasteiger partial charge in [0.1, 0.15) is 17.8 Å². The maximum absolute atomic E-state index is 13.2. The average Bonchev–Trinajstić information content (AvgIpc) is 3.37. The number of anilines is 1. The number of nitrogens with zero attached hydrogens (tertiary/aromatic N) is 4. The van der Waals surface area contributed by atoms with Crippen LogP contribution in [-0.4, -0.2) is 43.3 Å². The highest BCUT2D eigenvalue weighted by atomic mass is 35.5. The predicted molar refractivity (Wildman–Crippen MR) is 115 cm³/mol. The fourth-order valence-corrected chi connectivity index (χ4v) is 4.15. The first-order valence-electron chi connectivity index (χ1n) is 10.0. The number of carbonyl (C=O) groups is 1. The van der Waals surface area contributed by atoms with E-state index in [0.717, 1.165) is 24.8 Å². The van der Waals surface area contributed by atoms with Crippen molar-refractivity contribution in [3.8, 4) is 0 Å². The summed E-state index contributed by atoms with van der Waals surface area (Å²) in [7, 11) is 0. The minimum atomic E-state index is -0.211. The third kappa shape index (κ3) is 4.52. The monoisotopic (exact) mass is 425 g/mol. The van der Waals surface area contributed by atoms with Crippen LogP contribution in [0.1, 0.15) is 46.6 Å². The molecule has 0 aliphatic heterocycles. The fourth-order valence-electron chi connectivity index (χ4n) is 3.94. The van der Waals surface area contributed by atoms with Crippen LogP contribution >= 0.6 is 11.6 Å². The minimum absolute atomic E-state index is 0.184. The van der Waals surface area contributed by atoms with E-state index in [1.807, 2.05) is 24.3 Å². The molecule has 2 unspecified atom stereocenters. The summed E-state index contributed by atoms with van der Waals surface area (Å²) in [4.78, 5) is 21.8. The highest BCUT2D eigenvalue weighted by Crippen LogP contribution is 2.29. The molecule has 8 heteroatoms. The molecular weight excluding hydrogens is 402 g/mol. The molecule has 1 aliphatic rings. The Labute approximate surface area is 180 Å². The molecule has 0 amide bonds. The molecule has 0 saturated heterocycles. The van der Waals surface area contributed by atoms with E-state index in [9.17, 15) is 9.90 Å². The molecule has 1 aliphatic carbocycles. The van der Waals surface area contributed by atoms with Crippen molar-refractivity contribution in [1.29, 1.82) is 0 Å². The van der Waals surface area contributed by atoms with Crippen LogP contribution in [-0.2, 0) is 6.54 Å². The van der Waals surface area contributed by atoms with Gasteiger partial charge in [-0.3, -0.25) is 9.48 Å². The number of carbonyl (C=O) groups excluding carboxylic acids is 1. The van der Waals surface area contributed by atoms with E-state index in [1.165, 1.54) is 6.33 Å². The van der Waals surface area contributed by atoms with Crippen molar-refractivity contribution in [2.75, 3.05) is 11.9 Å². The zero-order chi connectivity index (χ0) is 21.1. The fraction of sp³-hybridized carbons (Fsp3) is 0.364. The molecule has 1 fully saturated rings. The van der Waals surface area contributed by atoms with Crippen LogP contribution in [0.2, 0.25) is 5.02 Å². The van der Waals surface area contributed by atoms with Gasteiger partial charge >= 0.3 is 0 Å². The van der Waals surface area contributed by atoms with Crippen molar-refractivity contribution < 1.29 is 9.90 Å². The molecule has 2 aromatic heterocycles. The van der Waals surface area contributed by atoms with E-state index in [0.29, 0.717) is 40.3 Å². The number of aliphatic hydroxyl groups is 1. The lowest BCUT2D eigenvalue weighted by atomic mass is 10.1. The molecule has 156 valence electrons. The first-order valence-corrected chi connectivity index (χ1v) is 10.4. The Morgan fingerprint density at radius 2 is 2.17 bits per heavy atom. The lowest BCUT2D eigenvalue weighted by Crippen LogP contribution is -2.21. The molecule has 4 rings (SSSR count). The van der Waals surface area contributed by atoms with Crippen molar-refractivity contribution in [1.82, 2.24) is 19.7 Å². The van der Waals surface area contributed by atoms with Crippen LogP contribution in [0, 0.1) is 12.8 Å². The molecule has 2 heterocycles. The van der Waals surface area contributed by atoms with Gasteiger partial charge in [0.25, 0.3) is 0 Å². The number of hydrogen-bond acceptors (Lipinski definition) is 6. The molecule has 2 atom stereocenters. The molecule has 0 radical (unpaired) electrons. The second-order valence-electron chi connectivity index (χ2n) is 7.74. The third-order valence-corrected chi connectivity index (χ3v) is 5.75. The van der Waals surface area contributed by atoms with Crippen LogP contribution in [0.25, 0.3) is 0 Å². The summed E-state index contributed by atoms with van der Waals surface area (Å²) in [5.41, 5.74) is 2.40. The van der Waals surface area contributed by atoms with Crippen LogP contribution in [0.4, 0.5) is 5.82 Å². The molecule has 1 aromatic carbocycles. The molecular formula is C22H24ClN5O2. The summed E-state index contributed by atoms with van der Waals surface area (Å²) >= 11 is 6.05. The van der Waals surface area contributed by atoms with Crippen LogP contribution in [0.3, 0.4) is 0 Å². The van der Waals surface area contributed by atoms with Gasteiger partial charge in [0.2, 0.25) is 5.78 Å². The highest BCUT2D eigenvalue weighted by molar-refractivity contribution is 6.30. The van der Waals surface area contributed by atoms with Crippen LogP contribution < -0.4 is 5.32 Å². The number of halogens is 1. The number of hydrogen-bond donors (Lipinski definition) is 2. The summed E-state index contributed by atoms with van der Waals surface area (Å²) in [6, 6.07) is 9.45. The first kappa shape index (κ1) is 20.5. The van der Waals surface area contributed by atoms with Crippen molar-refractivity contribution in [2.45, 2.75) is 38.8 Å². The van der Waals surface area contributed by atoms with E-state index in [2.05, 4.69) is 20.4 Å². The lowest BCUT2D eigenvalue weighted by Gasteiger charge is -2.16. The number of rotatable bonds is 7. The van der Waals surface area contributed by atoms with Gasteiger partial charge in [-0.05, 0) is 55.9 Å². The quantitative estimate of drug-likeness (QED) is 0.563. The Kier molecular flexibility index (Phi) is 6.11. The Morgan fingerprint density at radius 1 is 1.30 bits per heavy atom. The van der Waals surface area contributed by atoms with E-state index in [1.54, 1.807) is 23.9 Å². The second-order valence-corrected chi connectivity index (χ2v) is 8.18. The number of aryl methyl sites for hydroxylation is 1. The largest absolute Gasteiger partial charge is 0.396 e. The van der Waals surface area contributed by atoms with Gasteiger partial charge in [0.15, 0.2) is 0 Å². The van der Waals surface area contributed by atoms with Crippen molar-refractivity contribution in [3.63, 3.8) is 0 Å². The smallest absolute Gasteiger partial charge is 0.218 e. The van der Waals surface area contributed by atoms with E-state index >= 15 is 0 Å². The third-order valence-electron chi connectivity index (χ3n) is 5.51. The standard InChI is InChI=1S/C22H24ClN5O2/c1-14-20(22(25-13-24-14)26-18-6-5-16(10-18)12-29)21(30)19-7-8-28(27-19)11-15-3-2-4-17(23)9-15/h2-4,7-9,13,16,18,29H,5-6,10-12H2,1H3,(H,24,25,26). The zero-order valence-corrected chi connectivity index (χ0v) is 17.5. The maximum Gasteiger partial charge on any atom is 0.218 e. The Hall–Kier alpha value is -2.77. The molecule has 1 saturated carbocycles. The summed E-state index contributed by atoms with van der Waals surface area (Å²) in [5.74, 6) is 0.615. The number of aromatic nitrogens is 4. The Balaban J connectivity index is 1.54. The second kappa shape index (κ2) is 8.93. The lowest BCUT2D eigenvalue weighted by molar-refractivity contribution is 0.103. The van der Waals surface area contributed by atoms with Gasteiger partial charge in [-0.2, -0.15) is 5.10 Å². The number of benzene rings is 1. The molecule has 0 spiro atoms. The topological polar surface area (TPSA) is 92.9 Å². The van der Waals surface area contributed by atoms with Crippen molar-refractivity contribution in [3.05, 3.63) is 70.4 Å². The molecule has 7 nitrogen and oxygen atoms in total. The summed E-state index contributed by atoms with van der Waals surface area (Å²) in [5, 5.41) is 17.9. The molecule has 30 heavy (non-hydrogen) atoms. The van der Waals surface area contributed by atoms with E-state index in [4.69, 9.17) is 11.6 Å². The normalized spacial score (nSPS) is 18.5. The summed E-state index contributed by atoms with van der Waals surface area (Å²) < 4.78 is 1.72. The number of nitrogens with one attached hydrogen (secondary N) is 1. The maximum atomic E-state index is 13.2. The molecule has 0 bridgehead atoms. The average molecular weight is 426 g/mol. The Morgan fingerprint density at radius 3 is 2.93 bits per heavy atom. The number of ketones is 1. The van der Waals surface area contributed by atoms with Gasteiger partial charge in [-0.25, -0.2) is 9.97 Å². The van der Waals surface area contributed by atoms with Crippen molar-refractivity contribution in [2.24, 2.45) is 5.92 Å². The summed E-state index contributed by atoms with van der Waals surface area (Å²) in [6.45, 7) is 2.51. The van der Waals surface area contributed by atoms with Crippen LogP contribution in [0.5, 0.6) is 0 Å². The van der Waals surface area contributed by atoms with E-state index < -0.39 is 0 Å². The SMILES string of the molecule is Cc1ncnc(NC2CCC(CO)C2)c1C(=O)c1ccn(Cc2cccc(Cl)c2)n1.